The van der Waals surface area contributed by atoms with E-state index in [0.717, 1.165) is 5.56 Å². The van der Waals surface area contributed by atoms with Crippen molar-refractivity contribution in [2.24, 2.45) is 5.92 Å². The Bertz CT molecular complexity index is 1090. The second-order valence-corrected chi connectivity index (χ2v) is 10.4. The van der Waals surface area contributed by atoms with Crippen LogP contribution in [-0.4, -0.2) is 92.5 Å². The lowest BCUT2D eigenvalue weighted by Gasteiger charge is -2.37. The Morgan fingerprint density at radius 1 is 1.00 bits per heavy atom. The standard InChI is InChI=1S/C29H36FNO8/c30-19-9-11-20(12-10-19)31-24(27(39-29(31)36)22(32)15-6-17-4-2-1-3-5-17)18-7-13-21(14-8-18)38-28-26(35)25(34)23(33)16-37-28/h1-5,7,9,11-14,18-19,22-29,32-36H,6,8,10,15-16H2/t18?,19?,22-,23-,24-,25+,26-,27-,28+,29?/m1/s1. The van der Waals surface area contributed by atoms with Crippen LogP contribution in [0.1, 0.15) is 24.8 Å². The lowest BCUT2D eigenvalue weighted by Crippen LogP contribution is -2.53. The SMILES string of the molecule is OC1O[C@H]([C@H](O)CCc2ccccc2)[C@@H](C2C=CC(O[C@@H]3OC[C@@H](O)[C@H](O)[C@H]3O)=CC2)N1C1=CCC(F)C=C1. The zero-order valence-corrected chi connectivity index (χ0v) is 21.4. The van der Waals surface area contributed by atoms with Gasteiger partial charge in [0.15, 0.2) is 0 Å². The van der Waals surface area contributed by atoms with Gasteiger partial charge in [-0.1, -0.05) is 42.5 Å². The molecule has 2 fully saturated rings. The number of aliphatic hydroxyl groups excluding tert-OH is 5. The Hall–Kier alpha value is -2.57. The lowest BCUT2D eigenvalue weighted by atomic mass is 9.85. The van der Waals surface area contributed by atoms with Gasteiger partial charge in [-0.2, -0.15) is 0 Å². The van der Waals surface area contributed by atoms with Crippen LogP contribution in [0.15, 0.2) is 78.2 Å². The van der Waals surface area contributed by atoms with Crippen molar-refractivity contribution in [3.63, 3.8) is 0 Å². The van der Waals surface area contributed by atoms with Gasteiger partial charge in [-0.3, -0.25) is 0 Å². The highest BCUT2D eigenvalue weighted by Crippen LogP contribution is 2.39. The number of hydrogen-bond donors (Lipinski definition) is 5. The minimum Gasteiger partial charge on any atom is -0.462 e. The summed E-state index contributed by atoms with van der Waals surface area (Å²) < 4.78 is 30.8. The van der Waals surface area contributed by atoms with Gasteiger partial charge in [-0.05, 0) is 49.1 Å². The van der Waals surface area contributed by atoms with Crippen LogP contribution >= 0.6 is 0 Å². The zero-order valence-electron chi connectivity index (χ0n) is 21.4. The molecular formula is C29H36FNO8. The van der Waals surface area contributed by atoms with E-state index >= 15 is 0 Å². The zero-order chi connectivity index (χ0) is 27.5. The van der Waals surface area contributed by atoms with Crippen LogP contribution in [0, 0.1) is 5.92 Å². The number of rotatable bonds is 8. The minimum atomic E-state index is -1.41. The molecule has 9 nitrogen and oxygen atoms in total. The summed E-state index contributed by atoms with van der Waals surface area (Å²) in [6.07, 6.45) is 2.80. The van der Waals surface area contributed by atoms with E-state index in [2.05, 4.69) is 0 Å². The van der Waals surface area contributed by atoms with Crippen LogP contribution in [0.4, 0.5) is 4.39 Å². The Kier molecular flexibility index (Phi) is 8.82. The van der Waals surface area contributed by atoms with Gasteiger partial charge in [-0.25, -0.2) is 4.39 Å². The van der Waals surface area contributed by atoms with Gasteiger partial charge in [0.2, 0.25) is 12.7 Å². The molecule has 1 aromatic carbocycles. The maximum absolute atomic E-state index is 13.8. The van der Waals surface area contributed by atoms with Crippen LogP contribution in [0.25, 0.3) is 0 Å². The molecule has 0 aromatic heterocycles. The van der Waals surface area contributed by atoms with Gasteiger partial charge < -0.3 is 44.6 Å². The van der Waals surface area contributed by atoms with E-state index in [-0.39, 0.29) is 18.9 Å². The molecule has 39 heavy (non-hydrogen) atoms. The number of hydrogen-bond acceptors (Lipinski definition) is 9. The Morgan fingerprint density at radius 2 is 1.79 bits per heavy atom. The average Bonchev–Trinajstić information content (AvgIpc) is 3.30. The molecule has 4 aliphatic rings. The van der Waals surface area contributed by atoms with Gasteiger partial charge in [0.1, 0.15) is 36.3 Å². The highest BCUT2D eigenvalue weighted by Gasteiger charge is 2.48. The summed E-state index contributed by atoms with van der Waals surface area (Å²) in [7, 11) is 0. The Balaban J connectivity index is 1.31. The van der Waals surface area contributed by atoms with Gasteiger partial charge in [-0.15, -0.1) is 0 Å². The van der Waals surface area contributed by atoms with Crippen molar-refractivity contribution in [2.75, 3.05) is 6.61 Å². The molecule has 5 N–H and O–H groups in total. The molecule has 0 radical (unpaired) electrons. The summed E-state index contributed by atoms with van der Waals surface area (Å²) >= 11 is 0. The van der Waals surface area contributed by atoms with Crippen molar-refractivity contribution >= 4 is 0 Å². The van der Waals surface area contributed by atoms with Gasteiger partial charge >= 0.3 is 0 Å². The molecule has 3 unspecified atom stereocenters. The molecule has 5 rings (SSSR count). The maximum Gasteiger partial charge on any atom is 0.238 e. The number of alkyl halides is 1. The number of aryl methyl sites for hydroxylation is 1. The lowest BCUT2D eigenvalue weighted by molar-refractivity contribution is -0.257. The molecule has 0 spiro atoms. The summed E-state index contributed by atoms with van der Waals surface area (Å²) in [5, 5.41) is 51.9. The highest BCUT2D eigenvalue weighted by atomic mass is 19.1. The fourth-order valence-electron chi connectivity index (χ4n) is 5.53. The number of aliphatic hydroxyl groups is 5. The predicted molar refractivity (Wildman–Crippen MR) is 138 cm³/mol. The van der Waals surface area contributed by atoms with Gasteiger partial charge in [0, 0.05) is 18.0 Å². The van der Waals surface area contributed by atoms with Gasteiger partial charge in [0.25, 0.3) is 0 Å². The summed E-state index contributed by atoms with van der Waals surface area (Å²) in [6.45, 7) is -0.167. The van der Waals surface area contributed by atoms with Crippen molar-refractivity contribution in [3.05, 3.63) is 83.8 Å². The third kappa shape index (κ3) is 6.28. The maximum atomic E-state index is 13.8. The van der Waals surface area contributed by atoms with Crippen molar-refractivity contribution in [3.8, 4) is 0 Å². The van der Waals surface area contributed by atoms with E-state index in [0.29, 0.717) is 30.7 Å². The average molecular weight is 546 g/mol. The molecule has 2 aliphatic heterocycles. The largest absolute Gasteiger partial charge is 0.462 e. The van der Waals surface area contributed by atoms with E-state index in [1.165, 1.54) is 6.08 Å². The third-order valence-electron chi connectivity index (χ3n) is 7.70. The molecule has 212 valence electrons. The number of allylic oxidation sites excluding steroid dienone is 5. The number of nitrogens with zero attached hydrogens (tertiary/aromatic N) is 1. The first-order valence-corrected chi connectivity index (χ1v) is 13.4. The quantitative estimate of drug-likeness (QED) is 0.329. The van der Waals surface area contributed by atoms with Crippen molar-refractivity contribution in [1.29, 1.82) is 0 Å². The molecule has 10 heteroatoms. The van der Waals surface area contributed by atoms with Crippen LogP contribution in [0.3, 0.4) is 0 Å². The molecule has 10 atom stereocenters. The number of halogens is 1. The normalized spacial score (nSPS) is 37.4. The monoisotopic (exact) mass is 545 g/mol. The summed E-state index contributed by atoms with van der Waals surface area (Å²) in [4.78, 5) is 1.69. The molecule has 2 aliphatic carbocycles. The molecule has 0 bridgehead atoms. The number of benzene rings is 1. The fourth-order valence-corrected chi connectivity index (χ4v) is 5.53. The Morgan fingerprint density at radius 3 is 2.49 bits per heavy atom. The second-order valence-electron chi connectivity index (χ2n) is 10.4. The van der Waals surface area contributed by atoms with E-state index in [1.807, 2.05) is 36.4 Å². The van der Waals surface area contributed by atoms with Crippen LogP contribution in [-0.2, 0) is 20.6 Å². The Labute approximate surface area is 226 Å². The van der Waals surface area contributed by atoms with Crippen LogP contribution in [0.2, 0.25) is 0 Å². The van der Waals surface area contributed by atoms with Crippen LogP contribution < -0.4 is 0 Å². The van der Waals surface area contributed by atoms with E-state index in [1.54, 1.807) is 29.2 Å². The molecule has 0 amide bonds. The van der Waals surface area contributed by atoms with E-state index in [9.17, 15) is 29.9 Å². The first-order chi connectivity index (χ1) is 18.8. The second kappa shape index (κ2) is 12.3. The highest BCUT2D eigenvalue weighted by molar-refractivity contribution is 5.28. The fraction of sp³-hybridized carbons (Fsp3) is 0.517. The molecule has 2 heterocycles. The van der Waals surface area contributed by atoms with Crippen molar-refractivity contribution in [1.82, 2.24) is 4.90 Å². The van der Waals surface area contributed by atoms with E-state index in [4.69, 9.17) is 14.2 Å². The third-order valence-corrected chi connectivity index (χ3v) is 7.70. The smallest absolute Gasteiger partial charge is 0.238 e. The first-order valence-electron chi connectivity index (χ1n) is 13.4. The summed E-state index contributed by atoms with van der Waals surface area (Å²) in [5.41, 5.74) is 1.72. The molecule has 1 aromatic rings. The van der Waals surface area contributed by atoms with Crippen LogP contribution in [0.5, 0.6) is 0 Å². The topological polar surface area (TPSA) is 132 Å². The number of ether oxygens (including phenoxy) is 3. The molecular weight excluding hydrogens is 509 g/mol. The summed E-state index contributed by atoms with van der Waals surface area (Å²) in [5.74, 6) is 0.219. The minimum absolute atomic E-state index is 0.167. The molecule has 2 saturated heterocycles. The first kappa shape index (κ1) is 28.0. The summed E-state index contributed by atoms with van der Waals surface area (Å²) in [6, 6.07) is 9.36. The van der Waals surface area contributed by atoms with Crippen molar-refractivity contribution in [2.45, 2.75) is 81.1 Å². The molecule has 0 saturated carbocycles. The van der Waals surface area contributed by atoms with Gasteiger partial charge in [0.05, 0.1) is 18.8 Å². The van der Waals surface area contributed by atoms with E-state index < -0.39 is 55.4 Å². The predicted octanol–water partition coefficient (Wildman–Crippen LogP) is 1.42. The van der Waals surface area contributed by atoms with Crippen molar-refractivity contribution < 1.29 is 44.1 Å².